The Morgan fingerprint density at radius 2 is 2.21 bits per heavy atom. The van der Waals surface area contributed by atoms with Gasteiger partial charge in [0.15, 0.2) is 0 Å². The summed E-state index contributed by atoms with van der Waals surface area (Å²) in [5, 5.41) is 11.0. The minimum absolute atomic E-state index is 0.0210. The number of nitrogens with zero attached hydrogens (tertiary/aromatic N) is 3. The third-order valence-electron chi connectivity index (χ3n) is 2.48. The number of nitro groups is 1. The highest BCUT2D eigenvalue weighted by Gasteiger charge is 2.17. The third kappa shape index (κ3) is 2.95. The molecule has 1 aromatic heterocycles. The van der Waals surface area contributed by atoms with E-state index in [0.717, 1.165) is 5.56 Å². The second-order valence-corrected chi connectivity index (χ2v) is 3.78. The highest BCUT2D eigenvalue weighted by molar-refractivity contribution is 5.49. The Bertz CT molecular complexity index is 616. The number of hydrogen-bond acceptors (Lipinski definition) is 6. The minimum Gasteiger partial charge on any atom is -0.417 e. The zero-order valence-electron chi connectivity index (χ0n) is 10.2. The van der Waals surface area contributed by atoms with Gasteiger partial charge in [0.1, 0.15) is 5.82 Å². The number of hydrogen-bond donors (Lipinski definition) is 1. The van der Waals surface area contributed by atoms with Crippen molar-refractivity contribution in [2.75, 3.05) is 5.73 Å². The molecule has 98 valence electrons. The van der Waals surface area contributed by atoms with Crippen molar-refractivity contribution in [3.8, 4) is 11.8 Å². The van der Waals surface area contributed by atoms with Crippen LogP contribution in [0.15, 0.2) is 30.5 Å². The molecule has 2 N–H and O–H groups in total. The highest BCUT2D eigenvalue weighted by Crippen LogP contribution is 2.31. The summed E-state index contributed by atoms with van der Waals surface area (Å²) in [5.41, 5.74) is 6.22. The summed E-state index contributed by atoms with van der Waals surface area (Å²) >= 11 is 0. The molecule has 0 aliphatic carbocycles. The summed E-state index contributed by atoms with van der Waals surface area (Å²) in [7, 11) is 0. The zero-order valence-corrected chi connectivity index (χ0v) is 10.2. The monoisotopic (exact) mass is 260 g/mol. The van der Waals surface area contributed by atoms with Crippen LogP contribution in [-0.4, -0.2) is 14.9 Å². The molecule has 7 heteroatoms. The first-order chi connectivity index (χ1) is 9.10. The molecule has 0 bridgehead atoms. The van der Waals surface area contributed by atoms with Crippen LogP contribution in [0.25, 0.3) is 0 Å². The first kappa shape index (κ1) is 12.7. The Balaban J connectivity index is 2.36. The van der Waals surface area contributed by atoms with Crippen LogP contribution < -0.4 is 10.5 Å². The molecule has 0 aliphatic heterocycles. The maximum atomic E-state index is 11.0. The van der Waals surface area contributed by atoms with E-state index >= 15 is 0 Å². The van der Waals surface area contributed by atoms with Crippen LogP contribution in [0.1, 0.15) is 12.5 Å². The first-order valence-corrected chi connectivity index (χ1v) is 5.64. The van der Waals surface area contributed by atoms with E-state index in [9.17, 15) is 10.1 Å². The predicted octanol–water partition coefficient (Wildman–Crippen LogP) is 2.32. The number of nitrogens with two attached hydrogens (primary N) is 1. The van der Waals surface area contributed by atoms with Crippen molar-refractivity contribution >= 4 is 11.5 Å². The number of ether oxygens (including phenoxy) is 1. The van der Waals surface area contributed by atoms with E-state index in [-0.39, 0.29) is 23.3 Å². The molecular weight excluding hydrogens is 248 g/mol. The molecule has 0 spiro atoms. The highest BCUT2D eigenvalue weighted by atomic mass is 16.6. The lowest BCUT2D eigenvalue weighted by Gasteiger charge is -2.06. The Morgan fingerprint density at radius 1 is 1.42 bits per heavy atom. The quantitative estimate of drug-likeness (QED) is 0.668. The van der Waals surface area contributed by atoms with Gasteiger partial charge in [0.25, 0.3) is 0 Å². The standard InChI is InChI=1S/C12H12N4O3/c1-2-8-3-4-10(9(7-8)16(17)18)19-12-14-6-5-11(13)15-12/h3-7H,2H2,1H3,(H2,13,14,15). The second-order valence-electron chi connectivity index (χ2n) is 3.78. The van der Waals surface area contributed by atoms with E-state index in [4.69, 9.17) is 10.5 Å². The normalized spacial score (nSPS) is 10.2. The van der Waals surface area contributed by atoms with Gasteiger partial charge in [-0.3, -0.25) is 10.1 Å². The number of anilines is 1. The molecule has 0 atom stereocenters. The van der Waals surface area contributed by atoms with Crippen LogP contribution in [-0.2, 0) is 6.42 Å². The molecule has 1 heterocycles. The molecule has 0 saturated carbocycles. The van der Waals surface area contributed by atoms with Crippen molar-refractivity contribution in [2.45, 2.75) is 13.3 Å². The molecule has 2 rings (SSSR count). The molecule has 0 aliphatic rings. The topological polar surface area (TPSA) is 104 Å². The lowest BCUT2D eigenvalue weighted by molar-refractivity contribution is -0.385. The number of rotatable bonds is 4. The molecule has 0 fully saturated rings. The van der Waals surface area contributed by atoms with E-state index in [1.165, 1.54) is 24.4 Å². The van der Waals surface area contributed by atoms with Crippen molar-refractivity contribution in [3.63, 3.8) is 0 Å². The fourth-order valence-electron chi connectivity index (χ4n) is 1.51. The van der Waals surface area contributed by atoms with Crippen molar-refractivity contribution in [1.82, 2.24) is 9.97 Å². The molecule has 1 aromatic carbocycles. The van der Waals surface area contributed by atoms with Gasteiger partial charge < -0.3 is 10.5 Å². The summed E-state index contributed by atoms with van der Waals surface area (Å²) in [6.45, 7) is 1.92. The fraction of sp³-hybridized carbons (Fsp3) is 0.167. The number of aryl methyl sites for hydroxylation is 1. The molecule has 0 unspecified atom stereocenters. The van der Waals surface area contributed by atoms with Crippen LogP contribution >= 0.6 is 0 Å². The van der Waals surface area contributed by atoms with E-state index < -0.39 is 4.92 Å². The van der Waals surface area contributed by atoms with Crippen LogP contribution in [0.5, 0.6) is 11.8 Å². The van der Waals surface area contributed by atoms with Crippen molar-refractivity contribution in [2.24, 2.45) is 0 Å². The van der Waals surface area contributed by atoms with Gasteiger partial charge in [0.2, 0.25) is 5.75 Å². The Morgan fingerprint density at radius 3 is 2.84 bits per heavy atom. The van der Waals surface area contributed by atoms with E-state index in [1.807, 2.05) is 6.92 Å². The Labute approximate surface area is 109 Å². The Hall–Kier alpha value is -2.70. The van der Waals surface area contributed by atoms with Crippen molar-refractivity contribution < 1.29 is 9.66 Å². The molecule has 0 amide bonds. The summed E-state index contributed by atoms with van der Waals surface area (Å²) in [6.07, 6.45) is 2.12. The molecule has 0 saturated heterocycles. The van der Waals surface area contributed by atoms with Crippen molar-refractivity contribution in [3.05, 3.63) is 46.1 Å². The molecule has 19 heavy (non-hydrogen) atoms. The fourth-order valence-corrected chi connectivity index (χ4v) is 1.51. The average molecular weight is 260 g/mol. The van der Waals surface area contributed by atoms with Crippen LogP contribution in [0.3, 0.4) is 0 Å². The maximum absolute atomic E-state index is 11.0. The third-order valence-corrected chi connectivity index (χ3v) is 2.48. The van der Waals surface area contributed by atoms with Gasteiger partial charge in [-0.2, -0.15) is 4.98 Å². The number of nitro benzene ring substituents is 1. The van der Waals surface area contributed by atoms with Crippen molar-refractivity contribution in [1.29, 1.82) is 0 Å². The Kier molecular flexibility index (Phi) is 3.56. The second kappa shape index (κ2) is 5.30. The van der Waals surface area contributed by atoms with Gasteiger partial charge in [-0.05, 0) is 24.1 Å². The number of benzene rings is 1. The summed E-state index contributed by atoms with van der Waals surface area (Å²) in [4.78, 5) is 18.2. The van der Waals surface area contributed by atoms with Crippen LogP contribution in [0.4, 0.5) is 11.5 Å². The van der Waals surface area contributed by atoms with Gasteiger partial charge in [0, 0.05) is 12.3 Å². The van der Waals surface area contributed by atoms with Gasteiger partial charge >= 0.3 is 11.7 Å². The molecule has 7 nitrogen and oxygen atoms in total. The smallest absolute Gasteiger partial charge is 0.324 e. The molecular formula is C12H12N4O3. The summed E-state index contributed by atoms with van der Waals surface area (Å²) < 4.78 is 5.31. The maximum Gasteiger partial charge on any atom is 0.324 e. The van der Waals surface area contributed by atoms with Crippen LogP contribution in [0.2, 0.25) is 0 Å². The van der Waals surface area contributed by atoms with Gasteiger partial charge in [-0.25, -0.2) is 4.98 Å². The predicted molar refractivity (Wildman–Crippen MR) is 69.0 cm³/mol. The van der Waals surface area contributed by atoms with E-state index in [1.54, 1.807) is 6.07 Å². The lowest BCUT2D eigenvalue weighted by Crippen LogP contribution is -1.99. The number of nitrogen functional groups attached to an aromatic ring is 1. The van der Waals surface area contributed by atoms with E-state index in [2.05, 4.69) is 9.97 Å². The van der Waals surface area contributed by atoms with Gasteiger partial charge in [-0.1, -0.05) is 13.0 Å². The first-order valence-electron chi connectivity index (χ1n) is 5.64. The van der Waals surface area contributed by atoms with Crippen LogP contribution in [0, 0.1) is 10.1 Å². The summed E-state index contributed by atoms with van der Waals surface area (Å²) in [6, 6.07) is 6.24. The lowest BCUT2D eigenvalue weighted by atomic mass is 10.1. The van der Waals surface area contributed by atoms with E-state index in [0.29, 0.717) is 6.42 Å². The number of aromatic nitrogens is 2. The SMILES string of the molecule is CCc1ccc(Oc2nccc(N)n2)c([N+](=O)[O-])c1. The minimum atomic E-state index is -0.499. The van der Waals surface area contributed by atoms with Gasteiger partial charge in [-0.15, -0.1) is 0 Å². The summed E-state index contributed by atoms with van der Waals surface area (Å²) in [5.74, 6) is 0.325. The average Bonchev–Trinajstić information content (AvgIpc) is 2.39. The van der Waals surface area contributed by atoms with Gasteiger partial charge in [0.05, 0.1) is 4.92 Å². The molecule has 0 radical (unpaired) electrons. The largest absolute Gasteiger partial charge is 0.417 e. The zero-order chi connectivity index (χ0) is 13.8. The molecule has 2 aromatic rings.